The monoisotopic (exact) mass is 334 g/mol. The van der Waals surface area contributed by atoms with Crippen LogP contribution in [-0.2, 0) is 16.5 Å². The van der Waals surface area contributed by atoms with Crippen LogP contribution in [-0.4, -0.2) is 20.5 Å². The van der Waals surface area contributed by atoms with Gasteiger partial charge in [-0.25, -0.2) is 9.67 Å². The first-order valence-corrected chi connectivity index (χ1v) is 6.85. The van der Waals surface area contributed by atoms with Crippen LogP contribution in [0.1, 0.15) is 25.0 Å². The Kier molecular flexibility index (Phi) is 4.55. The number of hydrogen-bond acceptors (Lipinski definition) is 4. The normalized spacial score (nSPS) is 12.8. The van der Waals surface area contributed by atoms with Crippen LogP contribution >= 0.6 is 0 Å². The van der Waals surface area contributed by atoms with Gasteiger partial charge >= 0.3 is 6.18 Å². The zero-order valence-electron chi connectivity index (χ0n) is 12.9. The largest absolute Gasteiger partial charge is 0.416 e. The van der Waals surface area contributed by atoms with Crippen molar-refractivity contribution in [1.82, 2.24) is 14.8 Å². The number of Topliss-reactive ketones (excluding diaryl/α,β-unsaturated/α-hetero) is 1. The summed E-state index contributed by atoms with van der Waals surface area (Å²) >= 11 is 0. The third-order valence-electron chi connectivity index (χ3n) is 3.44. The molecular weight excluding hydrogens is 321 g/mol. The molecule has 0 aliphatic rings. The number of hydrogen-bond donors (Lipinski definition) is 0. The molecule has 0 atom stereocenters. The smallest absolute Gasteiger partial charge is 0.291 e. The van der Waals surface area contributed by atoms with Crippen molar-refractivity contribution in [3.8, 4) is 6.07 Å². The summed E-state index contributed by atoms with van der Waals surface area (Å²) in [5.74, 6) is -0.576. The first-order chi connectivity index (χ1) is 11.2. The van der Waals surface area contributed by atoms with E-state index < -0.39 is 23.1 Å². The van der Waals surface area contributed by atoms with Crippen molar-refractivity contribution >= 4 is 11.9 Å². The van der Waals surface area contributed by atoms with E-state index in [2.05, 4.69) is 10.1 Å². The lowest BCUT2D eigenvalue weighted by Gasteiger charge is -2.22. The predicted octanol–water partition coefficient (Wildman–Crippen LogP) is 3.21. The van der Waals surface area contributed by atoms with Crippen LogP contribution < -0.4 is 0 Å². The highest BCUT2D eigenvalue weighted by Crippen LogP contribution is 2.30. The summed E-state index contributed by atoms with van der Waals surface area (Å²) in [5, 5.41) is 13.1. The summed E-state index contributed by atoms with van der Waals surface area (Å²) in [7, 11) is 0. The fourth-order valence-corrected chi connectivity index (χ4v) is 2.05. The average molecular weight is 334 g/mol. The second-order valence-corrected chi connectivity index (χ2v) is 5.52. The highest BCUT2D eigenvalue weighted by Gasteiger charge is 2.33. The van der Waals surface area contributed by atoms with Gasteiger partial charge < -0.3 is 0 Å². The minimum absolute atomic E-state index is 0.115. The van der Waals surface area contributed by atoms with E-state index in [1.807, 2.05) is 0 Å². The van der Waals surface area contributed by atoms with Crippen LogP contribution in [0.2, 0.25) is 0 Å². The van der Waals surface area contributed by atoms with Crippen LogP contribution in [0, 0.1) is 11.3 Å². The number of alkyl halides is 3. The predicted molar refractivity (Wildman–Crippen MR) is 79.4 cm³/mol. The molecule has 0 unspecified atom stereocenters. The Hall–Kier alpha value is -2.95. The summed E-state index contributed by atoms with van der Waals surface area (Å²) in [6.45, 7) is 3.09. The number of aromatic nitrogens is 3. The van der Waals surface area contributed by atoms with Gasteiger partial charge in [-0.15, -0.1) is 0 Å². The molecule has 5 nitrogen and oxygen atoms in total. The van der Waals surface area contributed by atoms with Gasteiger partial charge in [-0.05, 0) is 37.6 Å². The Bertz CT molecular complexity index is 815. The van der Waals surface area contributed by atoms with Gasteiger partial charge in [0.2, 0.25) is 0 Å². The summed E-state index contributed by atoms with van der Waals surface area (Å²) < 4.78 is 39.5. The van der Waals surface area contributed by atoms with Gasteiger partial charge in [0.1, 0.15) is 24.3 Å². The zero-order valence-corrected chi connectivity index (χ0v) is 12.9. The number of allylic oxidation sites excluding steroid dienone is 1. The molecule has 124 valence electrons. The number of benzene rings is 1. The second-order valence-electron chi connectivity index (χ2n) is 5.52. The number of halogens is 3. The number of carbonyl (C=O) groups excluding carboxylic acids is 1. The minimum Gasteiger partial charge on any atom is -0.291 e. The third-order valence-corrected chi connectivity index (χ3v) is 3.44. The molecule has 0 aliphatic carbocycles. The number of rotatable bonds is 4. The molecule has 0 fully saturated rings. The summed E-state index contributed by atoms with van der Waals surface area (Å²) in [4.78, 5) is 16.3. The van der Waals surface area contributed by atoms with Crippen molar-refractivity contribution in [2.75, 3.05) is 0 Å². The highest BCUT2D eigenvalue weighted by atomic mass is 19.4. The Balaban J connectivity index is 2.40. The van der Waals surface area contributed by atoms with Crippen molar-refractivity contribution in [1.29, 1.82) is 5.26 Å². The number of nitrogens with zero attached hydrogens (tertiary/aromatic N) is 4. The Morgan fingerprint density at radius 2 is 2.04 bits per heavy atom. The summed E-state index contributed by atoms with van der Waals surface area (Å²) in [6, 6.07) is 6.16. The molecule has 2 rings (SSSR count). The molecule has 24 heavy (non-hydrogen) atoms. The van der Waals surface area contributed by atoms with Gasteiger partial charge in [0.15, 0.2) is 5.78 Å². The van der Waals surface area contributed by atoms with Crippen molar-refractivity contribution in [3.63, 3.8) is 0 Å². The maximum Gasteiger partial charge on any atom is 0.416 e. The van der Waals surface area contributed by atoms with E-state index in [4.69, 9.17) is 0 Å². The SMILES string of the molecule is CC(C)(C(=O)/C(C#N)=C/c1cccc(C(F)(F)F)c1)n1cncn1. The van der Waals surface area contributed by atoms with E-state index in [1.54, 1.807) is 19.9 Å². The van der Waals surface area contributed by atoms with Crippen LogP contribution in [0.25, 0.3) is 6.08 Å². The van der Waals surface area contributed by atoms with E-state index in [0.29, 0.717) is 0 Å². The fraction of sp³-hybridized carbons (Fsp3) is 0.250. The van der Waals surface area contributed by atoms with Crippen molar-refractivity contribution in [2.45, 2.75) is 25.6 Å². The molecule has 0 N–H and O–H groups in total. The third kappa shape index (κ3) is 3.51. The summed E-state index contributed by atoms with van der Waals surface area (Å²) in [5.41, 5.74) is -2.20. The maximum atomic E-state index is 12.7. The number of carbonyl (C=O) groups is 1. The van der Waals surface area contributed by atoms with E-state index >= 15 is 0 Å². The Morgan fingerprint density at radius 1 is 1.33 bits per heavy atom. The average Bonchev–Trinajstić information content (AvgIpc) is 3.06. The molecule has 1 aromatic heterocycles. The van der Waals surface area contributed by atoms with Crippen molar-refractivity contribution < 1.29 is 18.0 Å². The van der Waals surface area contributed by atoms with E-state index in [1.165, 1.54) is 29.5 Å². The van der Waals surface area contributed by atoms with Gasteiger partial charge in [-0.3, -0.25) is 4.79 Å². The van der Waals surface area contributed by atoms with Crippen LogP contribution in [0.3, 0.4) is 0 Å². The molecule has 1 heterocycles. The van der Waals surface area contributed by atoms with Crippen molar-refractivity contribution in [2.24, 2.45) is 0 Å². The summed E-state index contributed by atoms with van der Waals surface area (Å²) in [6.07, 6.45) is -0.786. The molecular formula is C16H13F3N4O. The minimum atomic E-state index is -4.50. The molecule has 8 heteroatoms. The maximum absolute atomic E-state index is 12.7. The molecule has 0 saturated heterocycles. The highest BCUT2D eigenvalue weighted by molar-refractivity contribution is 6.07. The lowest BCUT2D eigenvalue weighted by atomic mass is 9.92. The van der Waals surface area contributed by atoms with Gasteiger partial charge in [0, 0.05) is 0 Å². The molecule has 1 aromatic carbocycles. The lowest BCUT2D eigenvalue weighted by Crippen LogP contribution is -2.37. The molecule has 0 radical (unpaired) electrons. The van der Waals surface area contributed by atoms with E-state index in [-0.39, 0.29) is 11.1 Å². The zero-order chi connectivity index (χ0) is 18.0. The molecule has 0 amide bonds. The fourth-order valence-electron chi connectivity index (χ4n) is 2.05. The number of ketones is 1. The first-order valence-electron chi connectivity index (χ1n) is 6.85. The first kappa shape index (κ1) is 17.4. The standard InChI is InChI=1S/C16H13F3N4O/c1-15(2,23-10-21-9-22-23)14(24)12(8-20)6-11-4-3-5-13(7-11)16(17,18)19/h3-7,9-10H,1-2H3/b12-6+. The molecule has 0 aliphatic heterocycles. The van der Waals surface area contributed by atoms with Crippen molar-refractivity contribution in [3.05, 3.63) is 53.6 Å². The van der Waals surface area contributed by atoms with E-state index in [9.17, 15) is 23.2 Å². The topological polar surface area (TPSA) is 71.6 Å². The van der Waals surface area contributed by atoms with Crippen LogP contribution in [0.15, 0.2) is 42.5 Å². The van der Waals surface area contributed by atoms with Gasteiger partial charge in [-0.2, -0.15) is 23.5 Å². The lowest BCUT2D eigenvalue weighted by molar-refractivity contribution is -0.137. The Labute approximate surface area is 136 Å². The Morgan fingerprint density at radius 3 is 2.58 bits per heavy atom. The second kappa shape index (κ2) is 6.28. The van der Waals surface area contributed by atoms with Gasteiger partial charge in [0.25, 0.3) is 0 Å². The quantitative estimate of drug-likeness (QED) is 0.636. The number of nitriles is 1. The van der Waals surface area contributed by atoms with Gasteiger partial charge in [0.05, 0.1) is 11.1 Å². The van der Waals surface area contributed by atoms with E-state index in [0.717, 1.165) is 18.2 Å². The molecule has 0 bridgehead atoms. The van der Waals surface area contributed by atoms with Gasteiger partial charge in [-0.1, -0.05) is 12.1 Å². The van der Waals surface area contributed by atoms with Crippen LogP contribution in [0.4, 0.5) is 13.2 Å². The molecule has 0 spiro atoms. The molecule has 2 aromatic rings. The van der Waals surface area contributed by atoms with Crippen LogP contribution in [0.5, 0.6) is 0 Å². The molecule has 0 saturated carbocycles.